The van der Waals surface area contributed by atoms with E-state index in [1.807, 2.05) is 0 Å². The van der Waals surface area contributed by atoms with Crippen LogP contribution in [0.3, 0.4) is 0 Å². The van der Waals surface area contributed by atoms with Gasteiger partial charge in [0.25, 0.3) is 5.91 Å². The van der Waals surface area contributed by atoms with Gasteiger partial charge in [0.2, 0.25) is 0 Å². The lowest BCUT2D eigenvalue weighted by Crippen LogP contribution is -2.44. The normalized spacial score (nSPS) is 12.4. The van der Waals surface area contributed by atoms with Gasteiger partial charge in [-0.1, -0.05) is 13.8 Å². The predicted molar refractivity (Wildman–Crippen MR) is 63.1 cm³/mol. The fourth-order valence-electron chi connectivity index (χ4n) is 1.45. The van der Waals surface area contributed by atoms with E-state index in [4.69, 9.17) is 14.3 Å². The second kappa shape index (κ2) is 6.20. The molecule has 1 rings (SSSR count). The molecular formula is C12H17NO5. The quantitative estimate of drug-likeness (QED) is 0.799. The molecule has 1 aromatic rings. The molecule has 6 heteroatoms. The first kappa shape index (κ1) is 14.2. The van der Waals surface area contributed by atoms with Crippen molar-refractivity contribution in [1.29, 1.82) is 0 Å². The molecule has 6 nitrogen and oxygen atoms in total. The molecule has 1 aromatic heterocycles. The zero-order chi connectivity index (χ0) is 13.7. The highest BCUT2D eigenvalue weighted by atomic mass is 16.5. The van der Waals surface area contributed by atoms with Gasteiger partial charge in [-0.25, -0.2) is 4.79 Å². The Hall–Kier alpha value is -1.82. The molecule has 0 radical (unpaired) electrons. The SMILES string of the molecule is COCc1ccc(C(=O)NC(C(=O)O)C(C)C)o1. The van der Waals surface area contributed by atoms with Crippen LogP contribution in [0, 0.1) is 5.92 Å². The number of ether oxygens (including phenoxy) is 1. The number of carboxylic acid groups (broad SMARTS) is 1. The zero-order valence-corrected chi connectivity index (χ0v) is 10.6. The van der Waals surface area contributed by atoms with E-state index >= 15 is 0 Å². The Morgan fingerprint density at radius 2 is 2.11 bits per heavy atom. The Morgan fingerprint density at radius 3 is 2.61 bits per heavy atom. The Balaban J connectivity index is 2.71. The van der Waals surface area contributed by atoms with Crippen molar-refractivity contribution in [3.05, 3.63) is 23.7 Å². The number of furan rings is 1. The molecule has 2 N–H and O–H groups in total. The van der Waals surface area contributed by atoms with E-state index in [2.05, 4.69) is 5.32 Å². The summed E-state index contributed by atoms with van der Waals surface area (Å²) < 4.78 is 10.1. The molecule has 18 heavy (non-hydrogen) atoms. The lowest BCUT2D eigenvalue weighted by atomic mass is 10.0. The number of hydrogen-bond acceptors (Lipinski definition) is 4. The number of carbonyl (C=O) groups excluding carboxylic acids is 1. The fourth-order valence-corrected chi connectivity index (χ4v) is 1.45. The summed E-state index contributed by atoms with van der Waals surface area (Å²) in [4.78, 5) is 22.7. The van der Waals surface area contributed by atoms with Gasteiger partial charge in [0.1, 0.15) is 18.4 Å². The molecular weight excluding hydrogens is 238 g/mol. The minimum absolute atomic E-state index is 0.0777. The highest BCUT2D eigenvalue weighted by molar-refractivity contribution is 5.94. The van der Waals surface area contributed by atoms with Crippen LogP contribution in [0.15, 0.2) is 16.5 Å². The Labute approximate surface area is 105 Å². The molecule has 0 saturated heterocycles. The summed E-state index contributed by atoms with van der Waals surface area (Å²) in [6.45, 7) is 3.70. The molecule has 1 heterocycles. The van der Waals surface area contributed by atoms with Crippen molar-refractivity contribution in [2.75, 3.05) is 7.11 Å². The predicted octanol–water partition coefficient (Wildman–Crippen LogP) is 1.26. The Bertz CT molecular complexity index is 424. The molecule has 0 bridgehead atoms. The van der Waals surface area contributed by atoms with Gasteiger partial charge >= 0.3 is 5.97 Å². The van der Waals surface area contributed by atoms with Gasteiger partial charge in [0.05, 0.1) is 0 Å². The van der Waals surface area contributed by atoms with Crippen molar-refractivity contribution < 1.29 is 23.8 Å². The maximum absolute atomic E-state index is 11.8. The maximum Gasteiger partial charge on any atom is 0.326 e. The number of hydrogen-bond donors (Lipinski definition) is 2. The topological polar surface area (TPSA) is 88.8 Å². The number of methoxy groups -OCH3 is 1. The van der Waals surface area contributed by atoms with Gasteiger partial charge in [-0.15, -0.1) is 0 Å². The summed E-state index contributed by atoms with van der Waals surface area (Å²) in [6, 6.07) is 2.17. The molecule has 100 valence electrons. The van der Waals surface area contributed by atoms with Crippen molar-refractivity contribution in [1.82, 2.24) is 5.32 Å². The van der Waals surface area contributed by atoms with Crippen LogP contribution < -0.4 is 5.32 Å². The molecule has 1 amide bonds. The number of rotatable bonds is 6. The second-order valence-corrected chi connectivity index (χ2v) is 4.23. The van der Waals surface area contributed by atoms with Crippen molar-refractivity contribution >= 4 is 11.9 Å². The van der Waals surface area contributed by atoms with E-state index in [0.717, 1.165) is 0 Å². The first-order valence-electron chi connectivity index (χ1n) is 5.57. The lowest BCUT2D eigenvalue weighted by molar-refractivity contribution is -0.140. The van der Waals surface area contributed by atoms with E-state index < -0.39 is 17.9 Å². The molecule has 0 aliphatic carbocycles. The van der Waals surface area contributed by atoms with Crippen LogP contribution in [-0.4, -0.2) is 30.1 Å². The third kappa shape index (κ3) is 3.59. The van der Waals surface area contributed by atoms with Gasteiger partial charge in [-0.3, -0.25) is 4.79 Å². The van der Waals surface area contributed by atoms with Crippen LogP contribution in [-0.2, 0) is 16.1 Å². The zero-order valence-electron chi connectivity index (χ0n) is 10.6. The highest BCUT2D eigenvalue weighted by Crippen LogP contribution is 2.10. The average Bonchev–Trinajstić information content (AvgIpc) is 2.73. The molecule has 0 aromatic carbocycles. The van der Waals surface area contributed by atoms with Crippen molar-refractivity contribution in [2.24, 2.45) is 5.92 Å². The van der Waals surface area contributed by atoms with Crippen molar-refractivity contribution in [3.8, 4) is 0 Å². The van der Waals surface area contributed by atoms with Gasteiger partial charge in [0.15, 0.2) is 5.76 Å². The molecule has 1 atom stereocenters. The van der Waals surface area contributed by atoms with E-state index in [1.165, 1.54) is 13.2 Å². The minimum atomic E-state index is -1.07. The Morgan fingerprint density at radius 1 is 1.44 bits per heavy atom. The van der Waals surface area contributed by atoms with Crippen LogP contribution in [0.25, 0.3) is 0 Å². The summed E-state index contributed by atoms with van der Waals surface area (Å²) in [7, 11) is 1.52. The fraction of sp³-hybridized carbons (Fsp3) is 0.500. The molecule has 0 aliphatic rings. The second-order valence-electron chi connectivity index (χ2n) is 4.23. The number of carboxylic acids is 1. The third-order valence-electron chi connectivity index (χ3n) is 2.39. The molecule has 1 unspecified atom stereocenters. The Kier molecular flexibility index (Phi) is 4.91. The van der Waals surface area contributed by atoms with Gasteiger partial charge < -0.3 is 19.6 Å². The summed E-state index contributed by atoms with van der Waals surface area (Å²) in [5.74, 6) is -1.23. The van der Waals surface area contributed by atoms with Gasteiger partial charge in [-0.05, 0) is 18.1 Å². The number of amides is 1. The minimum Gasteiger partial charge on any atom is -0.480 e. The van der Waals surface area contributed by atoms with E-state index in [0.29, 0.717) is 5.76 Å². The summed E-state index contributed by atoms with van der Waals surface area (Å²) in [5.41, 5.74) is 0. The first-order chi connectivity index (χ1) is 8.45. The summed E-state index contributed by atoms with van der Waals surface area (Å²) in [6.07, 6.45) is 0. The van der Waals surface area contributed by atoms with Crippen LogP contribution >= 0.6 is 0 Å². The summed E-state index contributed by atoms with van der Waals surface area (Å²) in [5, 5.41) is 11.4. The molecule has 0 saturated carbocycles. The number of nitrogens with one attached hydrogen (secondary N) is 1. The van der Waals surface area contributed by atoms with E-state index in [9.17, 15) is 9.59 Å². The monoisotopic (exact) mass is 255 g/mol. The largest absolute Gasteiger partial charge is 0.480 e. The standard InChI is InChI=1S/C12H17NO5/c1-7(2)10(12(15)16)13-11(14)9-5-4-8(18-9)6-17-3/h4-5,7,10H,6H2,1-3H3,(H,13,14)(H,15,16). The number of aliphatic carboxylic acids is 1. The van der Waals surface area contributed by atoms with Crippen LogP contribution in [0.4, 0.5) is 0 Å². The van der Waals surface area contributed by atoms with E-state index in [1.54, 1.807) is 19.9 Å². The number of carbonyl (C=O) groups is 2. The van der Waals surface area contributed by atoms with Gasteiger partial charge in [-0.2, -0.15) is 0 Å². The average molecular weight is 255 g/mol. The lowest BCUT2D eigenvalue weighted by Gasteiger charge is -2.16. The molecule has 0 spiro atoms. The van der Waals surface area contributed by atoms with Crippen molar-refractivity contribution in [3.63, 3.8) is 0 Å². The van der Waals surface area contributed by atoms with E-state index in [-0.39, 0.29) is 18.3 Å². The summed E-state index contributed by atoms with van der Waals surface area (Å²) >= 11 is 0. The van der Waals surface area contributed by atoms with Crippen LogP contribution in [0.1, 0.15) is 30.2 Å². The highest BCUT2D eigenvalue weighted by Gasteiger charge is 2.25. The molecule has 0 fully saturated rings. The maximum atomic E-state index is 11.8. The van der Waals surface area contributed by atoms with Gasteiger partial charge in [0, 0.05) is 7.11 Å². The van der Waals surface area contributed by atoms with Crippen molar-refractivity contribution in [2.45, 2.75) is 26.5 Å². The molecule has 0 aliphatic heterocycles. The smallest absolute Gasteiger partial charge is 0.326 e. The van der Waals surface area contributed by atoms with Crippen LogP contribution in [0.2, 0.25) is 0 Å². The first-order valence-corrected chi connectivity index (χ1v) is 5.57. The van der Waals surface area contributed by atoms with Crippen LogP contribution in [0.5, 0.6) is 0 Å². The third-order valence-corrected chi connectivity index (χ3v) is 2.39.